The van der Waals surface area contributed by atoms with E-state index in [2.05, 4.69) is 5.32 Å². The summed E-state index contributed by atoms with van der Waals surface area (Å²) in [6.07, 6.45) is 0.619. The fraction of sp³-hybridized carbons (Fsp3) is 0.250. The number of ether oxygens (including phenoxy) is 1. The van der Waals surface area contributed by atoms with Crippen LogP contribution in [0, 0.1) is 10.1 Å². The highest BCUT2D eigenvalue weighted by molar-refractivity contribution is 6.35. The number of nitro groups is 1. The van der Waals surface area contributed by atoms with Gasteiger partial charge in [-0.15, -0.1) is 0 Å². The van der Waals surface area contributed by atoms with Crippen LogP contribution in [0.2, 0.25) is 10.0 Å². The minimum Gasteiger partial charge on any atom is -0.489 e. The molecule has 0 aliphatic carbocycles. The zero-order valence-electron chi connectivity index (χ0n) is 21.1. The van der Waals surface area contributed by atoms with Crippen LogP contribution in [0.3, 0.4) is 0 Å². The Hall–Kier alpha value is -4.15. The van der Waals surface area contributed by atoms with Crippen molar-refractivity contribution in [2.24, 2.45) is 0 Å². The Balaban J connectivity index is 1.45. The second-order valence-electron chi connectivity index (χ2n) is 9.19. The highest BCUT2D eigenvalue weighted by Crippen LogP contribution is 2.28. The standard InChI is InChI=1S/C28H25Cl2N3O7/c29-23-2-1-3-24(30)22(23)16-40-20-7-4-17(5-8-20)14-25(28(36)37)31-27(35)21-15-18(6-9-26(21)33(38)39)32-12-10-19(34)11-13-32/h1-9,15,25H,10-14,16H2,(H,31,35)(H,36,37). The quantitative estimate of drug-likeness (QED) is 0.248. The molecule has 1 atom stereocenters. The molecule has 1 saturated heterocycles. The average molecular weight is 586 g/mol. The van der Waals surface area contributed by atoms with Crippen LogP contribution in [0.4, 0.5) is 11.4 Å². The number of rotatable bonds is 10. The Morgan fingerprint density at radius 2 is 1.70 bits per heavy atom. The van der Waals surface area contributed by atoms with Crippen molar-refractivity contribution >= 4 is 52.2 Å². The van der Waals surface area contributed by atoms with Crippen LogP contribution in [-0.4, -0.2) is 46.8 Å². The van der Waals surface area contributed by atoms with Gasteiger partial charge in [-0.3, -0.25) is 19.7 Å². The highest BCUT2D eigenvalue weighted by Gasteiger charge is 2.27. The number of carboxylic acid groups (broad SMARTS) is 1. The second kappa shape index (κ2) is 12.8. The van der Waals surface area contributed by atoms with Gasteiger partial charge in [-0.2, -0.15) is 0 Å². The Bertz CT molecular complexity index is 1420. The number of nitrogens with one attached hydrogen (secondary N) is 1. The number of hydrogen-bond acceptors (Lipinski definition) is 7. The van der Waals surface area contributed by atoms with Gasteiger partial charge in [0.15, 0.2) is 0 Å². The molecule has 1 aliphatic rings. The maximum atomic E-state index is 13.1. The molecule has 1 unspecified atom stereocenters. The fourth-order valence-corrected chi connectivity index (χ4v) is 4.80. The highest BCUT2D eigenvalue weighted by atomic mass is 35.5. The number of carboxylic acids is 1. The third-order valence-corrected chi connectivity index (χ3v) is 7.23. The zero-order valence-corrected chi connectivity index (χ0v) is 22.7. The number of nitrogens with zero attached hydrogens (tertiary/aromatic N) is 2. The van der Waals surface area contributed by atoms with Gasteiger partial charge in [0.25, 0.3) is 11.6 Å². The third-order valence-electron chi connectivity index (χ3n) is 6.52. The fourth-order valence-electron chi connectivity index (χ4n) is 4.30. The molecule has 0 saturated carbocycles. The minimum atomic E-state index is -1.35. The molecule has 0 bridgehead atoms. The molecule has 208 valence electrons. The van der Waals surface area contributed by atoms with Crippen LogP contribution >= 0.6 is 23.2 Å². The van der Waals surface area contributed by atoms with E-state index >= 15 is 0 Å². The second-order valence-corrected chi connectivity index (χ2v) is 10.00. The lowest BCUT2D eigenvalue weighted by Crippen LogP contribution is -2.42. The zero-order chi connectivity index (χ0) is 28.8. The van der Waals surface area contributed by atoms with Gasteiger partial charge in [-0.05, 0) is 42.0 Å². The van der Waals surface area contributed by atoms with E-state index < -0.39 is 28.5 Å². The first-order chi connectivity index (χ1) is 19.1. The Morgan fingerprint density at radius 3 is 2.30 bits per heavy atom. The SMILES string of the molecule is O=C1CCN(c2ccc([N+](=O)[O-])c(C(=O)NC(Cc3ccc(OCc4c(Cl)cccc4Cl)cc3)C(=O)O)c2)CC1. The number of Topliss-reactive ketones (excluding diaryl/α,β-unsaturated/α-hetero) is 1. The summed E-state index contributed by atoms with van der Waals surface area (Å²) in [6.45, 7) is 0.998. The maximum Gasteiger partial charge on any atom is 0.326 e. The summed E-state index contributed by atoms with van der Waals surface area (Å²) in [4.78, 5) is 49.4. The van der Waals surface area contributed by atoms with Gasteiger partial charge in [0, 0.05) is 59.7 Å². The number of anilines is 1. The Morgan fingerprint density at radius 1 is 1.05 bits per heavy atom. The molecule has 3 aromatic carbocycles. The maximum absolute atomic E-state index is 13.1. The largest absolute Gasteiger partial charge is 0.489 e. The van der Waals surface area contributed by atoms with Crippen LogP contribution in [0.5, 0.6) is 5.75 Å². The molecule has 10 nitrogen and oxygen atoms in total. The molecule has 40 heavy (non-hydrogen) atoms. The lowest BCUT2D eigenvalue weighted by atomic mass is 10.0. The smallest absolute Gasteiger partial charge is 0.326 e. The van der Waals surface area contributed by atoms with E-state index in [0.29, 0.717) is 58.5 Å². The predicted octanol–water partition coefficient (Wildman–Crippen LogP) is 5.08. The van der Waals surface area contributed by atoms with Crippen LogP contribution in [0.1, 0.15) is 34.3 Å². The lowest BCUT2D eigenvalue weighted by molar-refractivity contribution is -0.385. The van der Waals surface area contributed by atoms with Gasteiger partial charge in [0.1, 0.15) is 29.7 Å². The van der Waals surface area contributed by atoms with Gasteiger partial charge < -0.3 is 20.1 Å². The molecule has 0 spiro atoms. The molecule has 0 radical (unpaired) electrons. The van der Waals surface area contributed by atoms with E-state index in [1.54, 1.807) is 42.5 Å². The van der Waals surface area contributed by atoms with E-state index in [4.69, 9.17) is 27.9 Å². The summed E-state index contributed by atoms with van der Waals surface area (Å²) in [6, 6.07) is 14.5. The monoisotopic (exact) mass is 585 g/mol. The number of halogens is 2. The van der Waals surface area contributed by atoms with Gasteiger partial charge >= 0.3 is 5.97 Å². The predicted molar refractivity (Wildman–Crippen MR) is 149 cm³/mol. The van der Waals surface area contributed by atoms with E-state index in [0.717, 1.165) is 0 Å². The van der Waals surface area contributed by atoms with Gasteiger partial charge in [0.2, 0.25) is 0 Å². The number of piperidine rings is 1. The van der Waals surface area contributed by atoms with Crippen LogP contribution in [0.25, 0.3) is 0 Å². The lowest BCUT2D eigenvalue weighted by Gasteiger charge is -2.28. The molecule has 4 rings (SSSR count). The Kier molecular flexibility index (Phi) is 9.23. The van der Waals surface area contributed by atoms with Crippen molar-refractivity contribution in [1.82, 2.24) is 5.32 Å². The number of benzene rings is 3. The minimum absolute atomic E-state index is 0.0700. The van der Waals surface area contributed by atoms with Crippen molar-refractivity contribution in [3.8, 4) is 5.75 Å². The van der Waals surface area contributed by atoms with Gasteiger partial charge in [-0.1, -0.05) is 41.4 Å². The third kappa shape index (κ3) is 7.08. The molecule has 1 aliphatic heterocycles. The van der Waals surface area contributed by atoms with Crippen molar-refractivity contribution in [1.29, 1.82) is 0 Å². The number of aliphatic carboxylic acids is 1. The number of carbonyl (C=O) groups excluding carboxylic acids is 2. The summed E-state index contributed by atoms with van der Waals surface area (Å²) >= 11 is 12.3. The number of nitro benzene ring substituents is 1. The normalized spacial score (nSPS) is 13.9. The summed E-state index contributed by atoms with van der Waals surface area (Å²) in [7, 11) is 0. The molecule has 3 aromatic rings. The van der Waals surface area contributed by atoms with Gasteiger partial charge in [0.05, 0.1) is 4.92 Å². The van der Waals surface area contributed by atoms with Crippen molar-refractivity contribution in [3.63, 3.8) is 0 Å². The molecule has 2 N–H and O–H groups in total. The van der Waals surface area contributed by atoms with Crippen molar-refractivity contribution in [2.45, 2.75) is 31.9 Å². The van der Waals surface area contributed by atoms with Crippen molar-refractivity contribution < 1.29 is 29.2 Å². The number of hydrogen-bond donors (Lipinski definition) is 2. The van der Waals surface area contributed by atoms with Crippen molar-refractivity contribution in [3.05, 3.63) is 97.5 Å². The number of ketones is 1. The number of carbonyl (C=O) groups is 3. The Labute approximate surface area is 239 Å². The topological polar surface area (TPSA) is 139 Å². The molecule has 0 aromatic heterocycles. The first kappa shape index (κ1) is 28.8. The molecular weight excluding hydrogens is 561 g/mol. The van der Waals surface area contributed by atoms with E-state index in [-0.39, 0.29) is 24.4 Å². The van der Waals surface area contributed by atoms with E-state index in [9.17, 15) is 29.6 Å². The van der Waals surface area contributed by atoms with Crippen LogP contribution in [0.15, 0.2) is 60.7 Å². The first-order valence-corrected chi connectivity index (χ1v) is 13.1. The molecule has 12 heteroatoms. The molecular formula is C28H25Cl2N3O7. The number of amides is 1. The van der Waals surface area contributed by atoms with E-state index in [1.807, 2.05) is 4.90 Å². The van der Waals surface area contributed by atoms with E-state index in [1.165, 1.54) is 18.2 Å². The van der Waals surface area contributed by atoms with Gasteiger partial charge in [-0.25, -0.2) is 4.79 Å². The average Bonchev–Trinajstić information content (AvgIpc) is 2.93. The first-order valence-electron chi connectivity index (χ1n) is 12.4. The van der Waals surface area contributed by atoms with Crippen LogP contribution < -0.4 is 15.0 Å². The molecule has 1 fully saturated rings. The van der Waals surface area contributed by atoms with Crippen molar-refractivity contribution in [2.75, 3.05) is 18.0 Å². The summed E-state index contributed by atoms with van der Waals surface area (Å²) in [5, 5.41) is 24.7. The molecule has 1 amide bonds. The summed E-state index contributed by atoms with van der Waals surface area (Å²) in [5.41, 5.74) is 1.07. The summed E-state index contributed by atoms with van der Waals surface area (Å²) in [5.74, 6) is -1.55. The molecule has 1 heterocycles. The van der Waals surface area contributed by atoms with Crippen LogP contribution in [-0.2, 0) is 22.6 Å². The summed E-state index contributed by atoms with van der Waals surface area (Å²) < 4.78 is 5.74.